The first-order chi connectivity index (χ1) is 3.89. The molecule has 0 radical (unpaired) electrons. The summed E-state index contributed by atoms with van der Waals surface area (Å²) < 4.78 is 0. The molecule has 0 saturated heterocycles. The van der Waals surface area contributed by atoms with Crippen molar-refractivity contribution in [3.05, 3.63) is 24.4 Å². The topological polar surface area (TPSA) is 12.4 Å². The summed E-state index contributed by atoms with van der Waals surface area (Å²) in [7, 11) is 0. The monoisotopic (exact) mass is 127 g/mol. The van der Waals surface area contributed by atoms with Crippen LogP contribution in [0.25, 0.3) is 0 Å². The van der Waals surface area contributed by atoms with Gasteiger partial charge in [-0.05, 0) is 6.08 Å². The Bertz CT molecular complexity index is 156. The van der Waals surface area contributed by atoms with E-state index in [0.717, 1.165) is 6.42 Å². The van der Waals surface area contributed by atoms with E-state index in [1.54, 1.807) is 6.20 Å². The molecule has 8 heavy (non-hydrogen) atoms. The Kier molecular flexibility index (Phi) is 1.86. The second-order valence-electron chi connectivity index (χ2n) is 1.48. The van der Waals surface area contributed by atoms with Gasteiger partial charge in [-0.2, -0.15) is 0 Å². The number of allylic oxidation sites excluding steroid dienone is 3. The van der Waals surface area contributed by atoms with E-state index in [0.29, 0.717) is 5.17 Å². The lowest BCUT2D eigenvalue weighted by Gasteiger charge is -1.82. The van der Waals surface area contributed by atoms with Crippen LogP contribution in [0.2, 0.25) is 0 Å². The van der Waals surface area contributed by atoms with Crippen molar-refractivity contribution in [1.29, 1.82) is 0 Å². The van der Waals surface area contributed by atoms with Crippen LogP contribution in [0.4, 0.5) is 0 Å². The van der Waals surface area contributed by atoms with E-state index in [2.05, 4.69) is 4.99 Å². The van der Waals surface area contributed by atoms with Gasteiger partial charge in [0.25, 0.3) is 0 Å². The molecule has 0 spiro atoms. The lowest BCUT2D eigenvalue weighted by molar-refractivity contribution is 1.48. The molecule has 1 aliphatic rings. The Hall–Kier alpha value is -0.560. The van der Waals surface area contributed by atoms with Gasteiger partial charge in [-0.1, -0.05) is 23.8 Å². The molecule has 0 aromatic carbocycles. The molecule has 0 bridgehead atoms. The maximum atomic E-state index is 5.57. The SMILES string of the molecule is ClC1=NC=CC=CC1. The predicted octanol–water partition coefficient (Wildman–Crippen LogP) is 2.10. The molecule has 1 heterocycles. The van der Waals surface area contributed by atoms with Gasteiger partial charge in [0.05, 0.1) is 0 Å². The average molecular weight is 128 g/mol. The number of hydrogen-bond acceptors (Lipinski definition) is 1. The molecule has 0 atom stereocenters. The van der Waals surface area contributed by atoms with Crippen molar-refractivity contribution in [2.45, 2.75) is 6.42 Å². The van der Waals surface area contributed by atoms with E-state index < -0.39 is 0 Å². The van der Waals surface area contributed by atoms with Crippen molar-refractivity contribution in [3.63, 3.8) is 0 Å². The van der Waals surface area contributed by atoms with E-state index in [1.165, 1.54) is 0 Å². The van der Waals surface area contributed by atoms with Gasteiger partial charge < -0.3 is 0 Å². The van der Waals surface area contributed by atoms with Crippen molar-refractivity contribution < 1.29 is 0 Å². The van der Waals surface area contributed by atoms with Crippen LogP contribution in [0.15, 0.2) is 29.4 Å². The lowest BCUT2D eigenvalue weighted by Crippen LogP contribution is -1.78. The average Bonchev–Trinajstić information content (AvgIpc) is 1.94. The van der Waals surface area contributed by atoms with Gasteiger partial charge >= 0.3 is 0 Å². The molecule has 0 fully saturated rings. The van der Waals surface area contributed by atoms with Gasteiger partial charge in [0, 0.05) is 12.6 Å². The van der Waals surface area contributed by atoms with Crippen LogP contribution in [0.3, 0.4) is 0 Å². The molecule has 1 aliphatic heterocycles. The molecule has 0 saturated carbocycles. The van der Waals surface area contributed by atoms with Crippen LogP contribution < -0.4 is 0 Å². The molecule has 0 aromatic rings. The van der Waals surface area contributed by atoms with Crippen molar-refractivity contribution >= 4 is 16.8 Å². The minimum atomic E-state index is 0.648. The summed E-state index contributed by atoms with van der Waals surface area (Å²) in [5.41, 5.74) is 0. The summed E-state index contributed by atoms with van der Waals surface area (Å²) in [6.07, 6.45) is 8.20. The fourth-order valence-electron chi connectivity index (χ4n) is 0.470. The Morgan fingerprint density at radius 2 is 2.38 bits per heavy atom. The third-order valence-electron chi connectivity index (χ3n) is 0.834. The first-order valence-electron chi connectivity index (χ1n) is 2.43. The molecule has 42 valence electrons. The first kappa shape index (κ1) is 5.57. The molecule has 0 aromatic heterocycles. The van der Waals surface area contributed by atoms with Crippen molar-refractivity contribution in [1.82, 2.24) is 0 Å². The van der Waals surface area contributed by atoms with Crippen LogP contribution in [0, 0.1) is 0 Å². The highest BCUT2D eigenvalue weighted by Crippen LogP contribution is 1.99. The zero-order valence-corrected chi connectivity index (χ0v) is 5.10. The van der Waals surface area contributed by atoms with Crippen molar-refractivity contribution in [2.24, 2.45) is 4.99 Å². The molecule has 1 rings (SSSR count). The minimum absolute atomic E-state index is 0.648. The third-order valence-corrected chi connectivity index (χ3v) is 1.09. The summed E-state index contributed by atoms with van der Waals surface area (Å²) >= 11 is 5.57. The van der Waals surface area contributed by atoms with Gasteiger partial charge in [0.15, 0.2) is 0 Å². The van der Waals surface area contributed by atoms with Crippen LogP contribution in [-0.4, -0.2) is 5.17 Å². The normalized spacial score (nSPS) is 17.9. The molecule has 0 aliphatic carbocycles. The van der Waals surface area contributed by atoms with E-state index in [9.17, 15) is 0 Å². The second-order valence-corrected chi connectivity index (χ2v) is 1.92. The van der Waals surface area contributed by atoms with E-state index in [-0.39, 0.29) is 0 Å². The molecule has 1 nitrogen and oxygen atoms in total. The van der Waals surface area contributed by atoms with Crippen molar-refractivity contribution in [3.8, 4) is 0 Å². The van der Waals surface area contributed by atoms with Crippen LogP contribution >= 0.6 is 11.6 Å². The van der Waals surface area contributed by atoms with Crippen LogP contribution in [0.1, 0.15) is 6.42 Å². The fourth-order valence-corrected chi connectivity index (χ4v) is 0.616. The van der Waals surface area contributed by atoms with Gasteiger partial charge in [0.1, 0.15) is 5.17 Å². The van der Waals surface area contributed by atoms with E-state index in [4.69, 9.17) is 11.6 Å². The van der Waals surface area contributed by atoms with Gasteiger partial charge in [0.2, 0.25) is 0 Å². The highest BCUT2D eigenvalue weighted by molar-refractivity contribution is 6.65. The summed E-state index contributed by atoms with van der Waals surface area (Å²) in [5.74, 6) is 0. The summed E-state index contributed by atoms with van der Waals surface area (Å²) in [6.45, 7) is 0. The highest BCUT2D eigenvalue weighted by atomic mass is 35.5. The number of halogens is 1. The molecule has 0 N–H and O–H groups in total. The van der Waals surface area contributed by atoms with Crippen molar-refractivity contribution in [2.75, 3.05) is 0 Å². The number of nitrogens with zero attached hydrogens (tertiary/aromatic N) is 1. The number of rotatable bonds is 0. The lowest BCUT2D eigenvalue weighted by atomic mass is 10.4. The quantitative estimate of drug-likeness (QED) is 0.473. The third kappa shape index (κ3) is 1.51. The predicted molar refractivity (Wildman–Crippen MR) is 36.2 cm³/mol. The molecule has 2 heteroatoms. The summed E-state index contributed by atoms with van der Waals surface area (Å²) in [5, 5.41) is 0.648. The summed E-state index contributed by atoms with van der Waals surface area (Å²) in [4.78, 5) is 3.86. The Balaban J connectivity index is 2.69. The smallest absolute Gasteiger partial charge is 0.110 e. The Morgan fingerprint density at radius 3 is 3.25 bits per heavy atom. The molecular formula is C6H6ClN. The van der Waals surface area contributed by atoms with Gasteiger partial charge in [-0.15, -0.1) is 0 Å². The first-order valence-corrected chi connectivity index (χ1v) is 2.81. The highest BCUT2D eigenvalue weighted by Gasteiger charge is 1.87. The molecular weight excluding hydrogens is 122 g/mol. The number of hydrogen-bond donors (Lipinski definition) is 0. The maximum absolute atomic E-state index is 5.57. The zero-order chi connectivity index (χ0) is 5.82. The van der Waals surface area contributed by atoms with Crippen LogP contribution in [0.5, 0.6) is 0 Å². The molecule has 0 unspecified atom stereocenters. The second kappa shape index (κ2) is 2.68. The number of aliphatic imine (C=N–C) groups is 1. The van der Waals surface area contributed by atoms with Gasteiger partial charge in [-0.3, -0.25) is 0 Å². The van der Waals surface area contributed by atoms with Gasteiger partial charge in [-0.25, -0.2) is 4.99 Å². The fraction of sp³-hybridized carbons (Fsp3) is 0.167. The Labute approximate surface area is 53.4 Å². The zero-order valence-electron chi connectivity index (χ0n) is 4.34. The van der Waals surface area contributed by atoms with Crippen LogP contribution in [-0.2, 0) is 0 Å². The standard InChI is InChI=1S/C6H6ClN/c7-6-4-2-1-3-5-8-6/h1-3,5H,4H2. The minimum Gasteiger partial charge on any atom is -0.249 e. The maximum Gasteiger partial charge on any atom is 0.110 e. The largest absolute Gasteiger partial charge is 0.249 e. The summed E-state index contributed by atoms with van der Waals surface area (Å²) in [6, 6.07) is 0. The Morgan fingerprint density at radius 1 is 1.50 bits per heavy atom. The van der Waals surface area contributed by atoms with E-state index >= 15 is 0 Å². The molecule has 0 amide bonds. The van der Waals surface area contributed by atoms with E-state index in [1.807, 2.05) is 18.2 Å².